The van der Waals surface area contributed by atoms with Gasteiger partial charge in [0.2, 0.25) is 15.9 Å². The lowest BCUT2D eigenvalue weighted by Crippen LogP contribution is -2.43. The number of hydrogen-bond acceptors (Lipinski definition) is 9. The Balaban J connectivity index is 2.02. The van der Waals surface area contributed by atoms with Gasteiger partial charge in [-0.1, -0.05) is 43.1 Å². The molecule has 0 radical (unpaired) electrons. The molecule has 39 heavy (non-hydrogen) atoms. The van der Waals surface area contributed by atoms with Crippen molar-refractivity contribution in [1.29, 1.82) is 0 Å². The Bertz CT molecular complexity index is 1460. The molecule has 3 aromatic rings. The van der Waals surface area contributed by atoms with E-state index in [0.29, 0.717) is 41.0 Å². The highest BCUT2D eigenvalue weighted by Gasteiger charge is 2.39. The van der Waals surface area contributed by atoms with Crippen molar-refractivity contribution in [1.82, 2.24) is 19.9 Å². The minimum atomic E-state index is -4.79. The number of benzene rings is 1. The number of aromatic nitrogens is 3. The summed E-state index contributed by atoms with van der Waals surface area (Å²) < 4.78 is 76.4. The Labute approximate surface area is 237 Å². The molecule has 214 valence electrons. The molecule has 3 rings (SSSR count). The van der Waals surface area contributed by atoms with Gasteiger partial charge >= 0.3 is 6.18 Å². The summed E-state index contributed by atoms with van der Waals surface area (Å²) in [7, 11) is -4.64. The third kappa shape index (κ3) is 7.48. The lowest BCUT2D eigenvalue weighted by molar-refractivity contribution is -0.147. The van der Waals surface area contributed by atoms with Gasteiger partial charge in [0.05, 0.1) is 27.0 Å². The molecule has 0 spiro atoms. The minimum Gasteiger partial charge on any atom is -0.461 e. The number of hydrogen-bond donors (Lipinski definition) is 1. The van der Waals surface area contributed by atoms with Gasteiger partial charge in [0.25, 0.3) is 12.4 Å². The van der Waals surface area contributed by atoms with Crippen molar-refractivity contribution in [2.45, 2.75) is 70.2 Å². The monoisotopic (exact) mass is 628 g/mol. The van der Waals surface area contributed by atoms with Crippen molar-refractivity contribution in [3.8, 4) is 21.3 Å². The van der Waals surface area contributed by atoms with Gasteiger partial charge in [0.1, 0.15) is 16.5 Å². The number of nitrogens with zero attached hydrogens (tertiary/aromatic N) is 3. The van der Waals surface area contributed by atoms with Crippen molar-refractivity contribution >= 4 is 51.0 Å². The maximum Gasteiger partial charge on any atom is 0.404 e. The normalized spacial score (nSPS) is 13.6. The van der Waals surface area contributed by atoms with Gasteiger partial charge in [-0.15, -0.1) is 21.5 Å². The lowest BCUT2D eigenvalue weighted by Gasteiger charge is -2.19. The van der Waals surface area contributed by atoms with Crippen molar-refractivity contribution in [3.63, 3.8) is 0 Å². The van der Waals surface area contributed by atoms with Crippen molar-refractivity contribution in [3.05, 3.63) is 33.8 Å². The lowest BCUT2D eigenvalue weighted by atomic mass is 10.0. The number of thiazole rings is 1. The SMILES string of the molecule is CC(C)Cc1nc(-c2nnc(CC(C)(C)OC=O)o2)sc1-c1ccc(S(=O)(=O)N[C@@H](C)C(F)(F)F)c(Cl)c1Cl. The quantitative estimate of drug-likeness (QED) is 0.253. The topological polar surface area (TPSA) is 124 Å². The number of ether oxygens (including phenoxy) is 1. The van der Waals surface area contributed by atoms with E-state index in [1.807, 2.05) is 13.8 Å². The number of carbonyl (C=O) groups is 1. The van der Waals surface area contributed by atoms with Crippen LogP contribution in [0.5, 0.6) is 0 Å². The van der Waals surface area contributed by atoms with Crippen LogP contribution in [-0.4, -0.2) is 47.9 Å². The summed E-state index contributed by atoms with van der Waals surface area (Å²) in [5.41, 5.74) is 0.0671. The highest BCUT2D eigenvalue weighted by atomic mass is 35.5. The van der Waals surface area contributed by atoms with Gasteiger partial charge in [0, 0.05) is 5.56 Å². The first-order valence-electron chi connectivity index (χ1n) is 11.5. The Morgan fingerprint density at radius 2 is 1.82 bits per heavy atom. The first kappa shape index (κ1) is 31.3. The predicted molar refractivity (Wildman–Crippen MR) is 140 cm³/mol. The second kappa shape index (κ2) is 11.7. The van der Waals surface area contributed by atoms with Gasteiger partial charge in [0.15, 0.2) is 5.01 Å². The molecule has 1 N–H and O–H groups in total. The first-order chi connectivity index (χ1) is 17.9. The summed E-state index contributed by atoms with van der Waals surface area (Å²) in [6, 6.07) is 0.113. The van der Waals surface area contributed by atoms with Crippen LogP contribution in [0.25, 0.3) is 21.3 Å². The highest BCUT2D eigenvalue weighted by Crippen LogP contribution is 2.43. The number of alkyl halides is 3. The summed E-state index contributed by atoms with van der Waals surface area (Å²) in [6.45, 7) is 8.32. The maximum absolute atomic E-state index is 12.9. The van der Waals surface area contributed by atoms with Crippen LogP contribution in [-0.2, 0) is 32.4 Å². The van der Waals surface area contributed by atoms with E-state index < -0.39 is 37.8 Å². The van der Waals surface area contributed by atoms with Crippen LogP contribution in [0.4, 0.5) is 13.2 Å². The van der Waals surface area contributed by atoms with E-state index in [2.05, 4.69) is 15.2 Å². The predicted octanol–water partition coefficient (Wildman–Crippen LogP) is 6.09. The zero-order valence-corrected chi connectivity index (χ0v) is 24.5. The van der Waals surface area contributed by atoms with Crippen LogP contribution in [0.1, 0.15) is 46.2 Å². The van der Waals surface area contributed by atoms with Crippen molar-refractivity contribution in [2.75, 3.05) is 0 Å². The van der Waals surface area contributed by atoms with E-state index in [-0.39, 0.29) is 29.1 Å². The Kier molecular flexibility index (Phi) is 9.37. The smallest absolute Gasteiger partial charge is 0.404 e. The third-order valence-corrected chi connectivity index (χ3v) is 8.99. The Hall–Kier alpha value is -2.26. The third-order valence-electron chi connectivity index (χ3n) is 5.30. The van der Waals surface area contributed by atoms with E-state index in [1.54, 1.807) is 18.6 Å². The zero-order valence-electron chi connectivity index (χ0n) is 21.4. The molecule has 0 saturated heterocycles. The molecular formula is C23H25Cl2F3N4O5S2. The largest absolute Gasteiger partial charge is 0.461 e. The molecule has 0 aliphatic carbocycles. The van der Waals surface area contributed by atoms with E-state index in [9.17, 15) is 26.4 Å². The fourth-order valence-electron chi connectivity index (χ4n) is 3.40. The second-order valence-electron chi connectivity index (χ2n) is 9.67. The molecule has 0 fully saturated rings. The summed E-state index contributed by atoms with van der Waals surface area (Å²) in [4.78, 5) is 15.3. The first-order valence-corrected chi connectivity index (χ1v) is 14.5. The van der Waals surface area contributed by atoms with E-state index in [4.69, 9.17) is 32.4 Å². The fourth-order valence-corrected chi connectivity index (χ4v) is 6.60. The van der Waals surface area contributed by atoms with Gasteiger partial charge in [-0.3, -0.25) is 4.79 Å². The number of rotatable bonds is 11. The highest BCUT2D eigenvalue weighted by molar-refractivity contribution is 7.89. The number of sulfonamides is 1. The van der Waals surface area contributed by atoms with E-state index in [0.717, 1.165) is 17.4 Å². The molecule has 0 aliphatic rings. The summed E-state index contributed by atoms with van der Waals surface area (Å²) in [5.74, 6) is 0.496. The molecule has 0 unspecified atom stereocenters. The van der Waals surface area contributed by atoms with Crippen LogP contribution in [0.15, 0.2) is 21.4 Å². The maximum atomic E-state index is 12.9. The van der Waals surface area contributed by atoms with Crippen LogP contribution in [0.2, 0.25) is 10.0 Å². The summed E-state index contributed by atoms with van der Waals surface area (Å²) in [6.07, 6.45) is -4.13. The Morgan fingerprint density at radius 3 is 2.41 bits per heavy atom. The molecular weight excluding hydrogens is 604 g/mol. The van der Waals surface area contributed by atoms with Gasteiger partial charge < -0.3 is 9.15 Å². The average Bonchev–Trinajstić information content (AvgIpc) is 3.40. The molecule has 2 heterocycles. The summed E-state index contributed by atoms with van der Waals surface area (Å²) >= 11 is 13.9. The molecule has 1 atom stereocenters. The standard InChI is InChI=1S/C23H25Cl2F3N4O5S2/c1-11(2)8-14-19(38-21(29-14)20-31-30-16(37-20)9-22(4,5)36-10-33)13-6-7-15(18(25)17(13)24)39(34,35)32-12(3)23(26,27)28/h6-7,10-12,32H,8-9H2,1-5H3/t12-/m0/s1. The average molecular weight is 630 g/mol. The molecule has 9 nitrogen and oxygen atoms in total. The van der Waals surface area contributed by atoms with Crippen molar-refractivity contribution < 1.29 is 35.5 Å². The number of halogens is 5. The fraction of sp³-hybridized carbons (Fsp3) is 0.478. The van der Waals surface area contributed by atoms with Crippen LogP contribution in [0, 0.1) is 5.92 Å². The molecule has 0 bridgehead atoms. The van der Waals surface area contributed by atoms with Gasteiger partial charge in [-0.2, -0.15) is 17.9 Å². The van der Waals surface area contributed by atoms with Crippen LogP contribution in [0.3, 0.4) is 0 Å². The molecule has 16 heteroatoms. The van der Waals surface area contributed by atoms with E-state index in [1.165, 1.54) is 6.07 Å². The number of carbonyl (C=O) groups excluding carboxylic acids is 1. The van der Waals surface area contributed by atoms with Crippen LogP contribution >= 0.6 is 34.5 Å². The van der Waals surface area contributed by atoms with Crippen LogP contribution < -0.4 is 4.72 Å². The zero-order chi connectivity index (χ0) is 29.3. The van der Waals surface area contributed by atoms with E-state index >= 15 is 0 Å². The number of nitrogens with one attached hydrogen (secondary N) is 1. The molecule has 0 saturated carbocycles. The molecule has 0 amide bonds. The second-order valence-corrected chi connectivity index (χ2v) is 13.1. The summed E-state index contributed by atoms with van der Waals surface area (Å²) in [5, 5.41) is 7.80. The van der Waals surface area contributed by atoms with Gasteiger partial charge in [-0.25, -0.2) is 13.4 Å². The molecule has 2 aromatic heterocycles. The minimum absolute atomic E-state index is 0.111. The molecule has 1 aromatic carbocycles. The molecule has 0 aliphatic heterocycles. The van der Waals surface area contributed by atoms with Crippen molar-refractivity contribution in [2.24, 2.45) is 5.92 Å². The Morgan fingerprint density at radius 1 is 1.15 bits per heavy atom. The van der Waals surface area contributed by atoms with Gasteiger partial charge in [-0.05, 0) is 39.2 Å².